The largest absolute Gasteiger partial charge is 0.298 e. The molecule has 5 heteroatoms. The summed E-state index contributed by atoms with van der Waals surface area (Å²) in [6.45, 7) is 2.30. The molecule has 0 aromatic heterocycles. The Balaban J connectivity index is 1.81. The summed E-state index contributed by atoms with van der Waals surface area (Å²) in [5, 5.41) is 13.4. The van der Waals surface area contributed by atoms with E-state index in [-0.39, 0.29) is 0 Å². The Hall–Kier alpha value is -1.22. The Morgan fingerprint density at radius 1 is 1.29 bits per heavy atom. The van der Waals surface area contributed by atoms with Gasteiger partial charge in [-0.1, -0.05) is 30.3 Å². The minimum atomic E-state index is -0.679. The minimum Gasteiger partial charge on any atom is -0.298 e. The fourth-order valence-corrected chi connectivity index (χ4v) is 3.95. The highest BCUT2D eigenvalue weighted by Gasteiger charge is 2.39. The van der Waals surface area contributed by atoms with Crippen molar-refractivity contribution in [2.45, 2.75) is 24.4 Å². The van der Waals surface area contributed by atoms with Gasteiger partial charge < -0.3 is 0 Å². The Morgan fingerprint density at radius 3 is 2.52 bits per heavy atom. The minimum absolute atomic E-state index is 0.462. The Bertz CT molecular complexity index is 542. The van der Waals surface area contributed by atoms with Gasteiger partial charge in [0.25, 0.3) is 0 Å². The highest BCUT2D eigenvalue weighted by molar-refractivity contribution is 7.85. The van der Waals surface area contributed by atoms with Gasteiger partial charge in [-0.25, -0.2) is 0 Å². The molecule has 0 spiro atoms. The lowest BCUT2D eigenvalue weighted by Crippen LogP contribution is -2.53. The topological polar surface area (TPSA) is 56.1 Å². The third kappa shape index (κ3) is 3.52. The van der Waals surface area contributed by atoms with E-state index in [2.05, 4.69) is 16.3 Å². The summed E-state index contributed by atoms with van der Waals surface area (Å²) in [6.07, 6.45) is 2.31. The summed E-state index contributed by atoms with van der Waals surface area (Å²) >= 11 is 0. The second kappa shape index (κ2) is 6.27. The van der Waals surface area contributed by atoms with Gasteiger partial charge >= 0.3 is 0 Å². The van der Waals surface area contributed by atoms with E-state index in [0.29, 0.717) is 12.6 Å². The third-order valence-electron chi connectivity index (χ3n) is 4.22. The van der Waals surface area contributed by atoms with Crippen LogP contribution in [0.2, 0.25) is 0 Å². The highest BCUT2D eigenvalue weighted by atomic mass is 32.2. The van der Waals surface area contributed by atoms with Gasteiger partial charge in [-0.3, -0.25) is 14.4 Å². The lowest BCUT2D eigenvalue weighted by atomic mass is 9.90. The van der Waals surface area contributed by atoms with Gasteiger partial charge in [0.1, 0.15) is 5.54 Å². The first-order valence-electron chi connectivity index (χ1n) is 7.54. The van der Waals surface area contributed by atoms with Crippen molar-refractivity contribution in [2.24, 2.45) is 0 Å². The molecule has 1 heterocycles. The van der Waals surface area contributed by atoms with E-state index in [9.17, 15) is 9.47 Å². The van der Waals surface area contributed by atoms with Crippen molar-refractivity contribution >= 4 is 10.8 Å². The quantitative estimate of drug-likeness (QED) is 0.889. The van der Waals surface area contributed by atoms with Crippen LogP contribution >= 0.6 is 0 Å². The zero-order chi connectivity index (χ0) is 14.7. The lowest BCUT2D eigenvalue weighted by molar-refractivity contribution is 0.225. The van der Waals surface area contributed by atoms with Gasteiger partial charge in [0.2, 0.25) is 0 Å². The molecule has 21 heavy (non-hydrogen) atoms. The Kier molecular flexibility index (Phi) is 4.39. The molecule has 4 nitrogen and oxygen atoms in total. The van der Waals surface area contributed by atoms with Gasteiger partial charge in [0.15, 0.2) is 0 Å². The average Bonchev–Trinajstić information content (AvgIpc) is 3.33. The van der Waals surface area contributed by atoms with Gasteiger partial charge in [0.05, 0.1) is 6.07 Å². The van der Waals surface area contributed by atoms with Crippen molar-refractivity contribution in [3.63, 3.8) is 0 Å². The van der Waals surface area contributed by atoms with E-state index >= 15 is 0 Å². The van der Waals surface area contributed by atoms with Gasteiger partial charge in [0, 0.05) is 48.0 Å². The molecule has 2 aliphatic rings. The van der Waals surface area contributed by atoms with Crippen molar-refractivity contribution in [2.75, 3.05) is 31.1 Å². The number of nitrogens with zero attached hydrogens (tertiary/aromatic N) is 2. The summed E-state index contributed by atoms with van der Waals surface area (Å²) in [4.78, 5) is 2.27. The maximum atomic E-state index is 11.5. The maximum absolute atomic E-state index is 11.5. The molecule has 1 aliphatic carbocycles. The van der Waals surface area contributed by atoms with Crippen LogP contribution in [0.1, 0.15) is 18.4 Å². The van der Waals surface area contributed by atoms with Crippen molar-refractivity contribution < 1.29 is 4.21 Å². The zero-order valence-corrected chi connectivity index (χ0v) is 12.9. The molecule has 1 saturated heterocycles. The summed E-state index contributed by atoms with van der Waals surface area (Å²) < 4.78 is 11.5. The first kappa shape index (κ1) is 14.7. The van der Waals surface area contributed by atoms with Crippen LogP contribution in [0.3, 0.4) is 0 Å². The van der Waals surface area contributed by atoms with Crippen molar-refractivity contribution in [1.29, 1.82) is 5.26 Å². The molecule has 1 aromatic carbocycles. The first-order valence-corrected chi connectivity index (χ1v) is 9.02. The fourth-order valence-electron chi connectivity index (χ4n) is 2.82. The molecule has 112 valence electrons. The lowest BCUT2D eigenvalue weighted by Gasteiger charge is -2.36. The molecule has 0 amide bonds. The van der Waals surface area contributed by atoms with E-state index < -0.39 is 16.3 Å². The summed E-state index contributed by atoms with van der Waals surface area (Å²) in [7, 11) is -0.679. The van der Waals surface area contributed by atoms with E-state index in [1.165, 1.54) is 0 Å². The predicted octanol–water partition coefficient (Wildman–Crippen LogP) is 1.22. The summed E-state index contributed by atoms with van der Waals surface area (Å²) in [6, 6.07) is 13.0. The SMILES string of the molecule is N#CC(CN1CCS(=O)CC1)(NC1CC1)c1ccccc1. The van der Waals surface area contributed by atoms with Crippen molar-refractivity contribution in [3.05, 3.63) is 35.9 Å². The number of nitrogens with one attached hydrogen (secondary N) is 1. The molecular formula is C16H21N3OS. The molecule has 1 aliphatic heterocycles. The molecular weight excluding hydrogens is 282 g/mol. The van der Waals surface area contributed by atoms with Crippen LogP contribution in [-0.2, 0) is 16.3 Å². The standard InChI is InChI=1S/C16H21N3OS/c17-12-16(18-15-6-7-15,14-4-2-1-3-5-14)13-19-8-10-21(20)11-9-19/h1-5,15,18H,6-11,13H2. The van der Waals surface area contributed by atoms with Gasteiger partial charge in [-0.05, 0) is 18.4 Å². The molecule has 1 saturated carbocycles. The molecule has 1 aromatic rings. The second-order valence-corrected chi connectivity index (χ2v) is 7.62. The van der Waals surface area contributed by atoms with Gasteiger partial charge in [-0.15, -0.1) is 0 Å². The highest BCUT2D eigenvalue weighted by Crippen LogP contribution is 2.29. The number of rotatable bonds is 5. The molecule has 2 fully saturated rings. The number of benzene rings is 1. The Morgan fingerprint density at radius 2 is 1.95 bits per heavy atom. The van der Waals surface area contributed by atoms with Crippen LogP contribution in [0.15, 0.2) is 30.3 Å². The molecule has 1 atom stereocenters. The van der Waals surface area contributed by atoms with Crippen LogP contribution in [0, 0.1) is 11.3 Å². The van der Waals surface area contributed by atoms with Crippen LogP contribution in [0.5, 0.6) is 0 Å². The monoisotopic (exact) mass is 303 g/mol. The molecule has 1 N–H and O–H groups in total. The summed E-state index contributed by atoms with van der Waals surface area (Å²) in [5.41, 5.74) is 0.382. The van der Waals surface area contributed by atoms with Crippen LogP contribution in [0.4, 0.5) is 0 Å². The van der Waals surface area contributed by atoms with Gasteiger partial charge in [-0.2, -0.15) is 5.26 Å². The predicted molar refractivity (Wildman–Crippen MR) is 84.2 cm³/mol. The maximum Gasteiger partial charge on any atom is 0.145 e. The molecule has 1 unspecified atom stereocenters. The third-order valence-corrected chi connectivity index (χ3v) is 5.49. The smallest absolute Gasteiger partial charge is 0.145 e. The first-order chi connectivity index (χ1) is 10.2. The van der Waals surface area contributed by atoms with E-state index in [1.54, 1.807) is 0 Å². The molecule has 0 radical (unpaired) electrons. The van der Waals surface area contributed by atoms with E-state index in [0.717, 1.165) is 43.0 Å². The zero-order valence-electron chi connectivity index (χ0n) is 12.1. The second-order valence-electron chi connectivity index (χ2n) is 5.93. The number of nitriles is 1. The Labute approximate surface area is 128 Å². The normalized spacial score (nSPS) is 23.4. The van der Waals surface area contributed by atoms with Crippen LogP contribution < -0.4 is 5.32 Å². The average molecular weight is 303 g/mol. The number of hydrogen-bond acceptors (Lipinski definition) is 4. The molecule has 0 bridgehead atoms. The van der Waals surface area contributed by atoms with Crippen LogP contribution in [0.25, 0.3) is 0 Å². The van der Waals surface area contributed by atoms with E-state index in [4.69, 9.17) is 0 Å². The summed E-state index contributed by atoms with van der Waals surface area (Å²) in [5.74, 6) is 1.44. The fraction of sp³-hybridized carbons (Fsp3) is 0.562. The van der Waals surface area contributed by atoms with Crippen molar-refractivity contribution in [3.8, 4) is 6.07 Å². The number of hydrogen-bond donors (Lipinski definition) is 1. The van der Waals surface area contributed by atoms with E-state index in [1.807, 2.05) is 30.3 Å². The van der Waals surface area contributed by atoms with Crippen molar-refractivity contribution in [1.82, 2.24) is 10.2 Å². The molecule has 3 rings (SSSR count). The van der Waals surface area contributed by atoms with Crippen LogP contribution in [-0.4, -0.2) is 46.3 Å².